The molecular weight excluding hydrogens is 380 g/mol. The highest BCUT2D eigenvalue weighted by atomic mass is 16.2. The van der Waals surface area contributed by atoms with E-state index in [0.717, 1.165) is 44.9 Å². The third kappa shape index (κ3) is 6.61. The molecule has 4 amide bonds. The molecule has 0 radical (unpaired) electrons. The monoisotopic (exact) mass is 422 g/mol. The van der Waals surface area contributed by atoms with Gasteiger partial charge in [-0.3, -0.25) is 9.59 Å². The smallest absolute Gasteiger partial charge is 0.317 e. The molecule has 3 atom stereocenters. The Balaban J connectivity index is 1.95. The van der Waals surface area contributed by atoms with Crippen LogP contribution in [0.5, 0.6) is 0 Å². The van der Waals surface area contributed by atoms with E-state index in [1.54, 1.807) is 0 Å². The number of nitrogens with one attached hydrogen (secondary N) is 2. The van der Waals surface area contributed by atoms with Crippen LogP contribution < -0.4 is 10.6 Å². The quantitative estimate of drug-likeness (QED) is 0.590. The van der Waals surface area contributed by atoms with Crippen molar-refractivity contribution in [2.75, 3.05) is 26.2 Å². The van der Waals surface area contributed by atoms with Crippen molar-refractivity contribution < 1.29 is 14.4 Å². The Hall–Kier alpha value is -1.79. The molecule has 1 saturated heterocycles. The number of hydrogen-bond donors (Lipinski definition) is 2. The van der Waals surface area contributed by atoms with E-state index >= 15 is 0 Å². The normalized spacial score (nSPS) is 22.3. The van der Waals surface area contributed by atoms with Crippen LogP contribution in [0.1, 0.15) is 79.1 Å². The van der Waals surface area contributed by atoms with Crippen LogP contribution >= 0.6 is 0 Å². The van der Waals surface area contributed by atoms with Gasteiger partial charge >= 0.3 is 6.03 Å². The fourth-order valence-corrected chi connectivity index (χ4v) is 4.45. The number of amides is 4. The van der Waals surface area contributed by atoms with E-state index in [9.17, 15) is 14.4 Å². The standard InChI is InChI=1S/C23H42N4O3/c1-5-7-13-24-23(30)27-15-14-26(16-18(27)4)22(29)20(17(3)6-2)25-21(28)19-11-9-8-10-12-19/h17-20H,5-16H2,1-4H3,(H,24,30)(H,25,28). The molecule has 1 heterocycles. The first kappa shape index (κ1) is 24.5. The number of rotatable bonds is 8. The molecule has 0 aromatic rings. The Morgan fingerprint density at radius 2 is 1.77 bits per heavy atom. The second-order valence-electron chi connectivity index (χ2n) is 9.12. The van der Waals surface area contributed by atoms with Crippen LogP contribution in [0.25, 0.3) is 0 Å². The van der Waals surface area contributed by atoms with Crippen LogP contribution in [-0.2, 0) is 9.59 Å². The third-order valence-electron chi connectivity index (χ3n) is 6.76. The van der Waals surface area contributed by atoms with Gasteiger partial charge in [0.25, 0.3) is 0 Å². The molecule has 7 nitrogen and oxygen atoms in total. The summed E-state index contributed by atoms with van der Waals surface area (Å²) in [6.45, 7) is 10.4. The molecule has 30 heavy (non-hydrogen) atoms. The topological polar surface area (TPSA) is 81.8 Å². The fourth-order valence-electron chi connectivity index (χ4n) is 4.45. The Kier molecular flexibility index (Phi) is 9.92. The Morgan fingerprint density at radius 3 is 2.37 bits per heavy atom. The molecule has 2 aliphatic rings. The lowest BCUT2D eigenvalue weighted by molar-refractivity contribution is -0.141. The fraction of sp³-hybridized carbons (Fsp3) is 0.870. The van der Waals surface area contributed by atoms with E-state index in [1.807, 2.05) is 23.6 Å². The average molecular weight is 423 g/mol. The summed E-state index contributed by atoms with van der Waals surface area (Å²) in [4.78, 5) is 42.2. The molecule has 7 heteroatoms. The molecule has 2 N–H and O–H groups in total. The first-order valence-electron chi connectivity index (χ1n) is 12.0. The highest BCUT2D eigenvalue weighted by molar-refractivity contribution is 5.89. The SMILES string of the molecule is CCCCNC(=O)N1CCN(C(=O)C(NC(=O)C2CCCCC2)C(C)CC)CC1C. The Morgan fingerprint density at radius 1 is 1.07 bits per heavy atom. The second-order valence-corrected chi connectivity index (χ2v) is 9.12. The maximum absolute atomic E-state index is 13.3. The van der Waals surface area contributed by atoms with Gasteiger partial charge in [-0.1, -0.05) is 52.9 Å². The first-order chi connectivity index (χ1) is 14.4. The maximum atomic E-state index is 13.3. The third-order valence-corrected chi connectivity index (χ3v) is 6.76. The summed E-state index contributed by atoms with van der Waals surface area (Å²) in [5.41, 5.74) is 0. The van der Waals surface area contributed by atoms with Crippen molar-refractivity contribution in [2.45, 2.75) is 91.1 Å². The molecule has 1 aliphatic heterocycles. The number of nitrogens with zero attached hydrogens (tertiary/aromatic N) is 2. The molecule has 0 bridgehead atoms. The first-order valence-corrected chi connectivity index (χ1v) is 12.0. The summed E-state index contributed by atoms with van der Waals surface area (Å²) < 4.78 is 0. The van der Waals surface area contributed by atoms with Gasteiger partial charge in [-0.05, 0) is 32.1 Å². The summed E-state index contributed by atoms with van der Waals surface area (Å²) in [5.74, 6) is 0.151. The lowest BCUT2D eigenvalue weighted by Crippen LogP contribution is -2.61. The van der Waals surface area contributed by atoms with Gasteiger partial charge in [-0.15, -0.1) is 0 Å². The van der Waals surface area contributed by atoms with Crippen LogP contribution in [0.4, 0.5) is 4.79 Å². The zero-order valence-electron chi connectivity index (χ0n) is 19.4. The minimum absolute atomic E-state index is 0.00796. The van der Waals surface area contributed by atoms with Gasteiger partial charge in [-0.25, -0.2) is 4.79 Å². The minimum Gasteiger partial charge on any atom is -0.344 e. The number of hydrogen-bond acceptors (Lipinski definition) is 3. The van der Waals surface area contributed by atoms with Gasteiger partial charge < -0.3 is 20.4 Å². The van der Waals surface area contributed by atoms with Crippen molar-refractivity contribution in [3.63, 3.8) is 0 Å². The van der Waals surface area contributed by atoms with Gasteiger partial charge in [-0.2, -0.15) is 0 Å². The summed E-state index contributed by atoms with van der Waals surface area (Å²) in [6, 6.07) is -0.579. The molecule has 1 aliphatic carbocycles. The predicted molar refractivity (Wildman–Crippen MR) is 119 cm³/mol. The van der Waals surface area contributed by atoms with Crippen LogP contribution in [0.15, 0.2) is 0 Å². The van der Waals surface area contributed by atoms with Gasteiger partial charge in [0.1, 0.15) is 6.04 Å². The summed E-state index contributed by atoms with van der Waals surface area (Å²) >= 11 is 0. The average Bonchev–Trinajstić information content (AvgIpc) is 2.76. The minimum atomic E-state index is -0.485. The number of carbonyl (C=O) groups is 3. The van der Waals surface area contributed by atoms with Crippen molar-refractivity contribution in [1.82, 2.24) is 20.4 Å². The summed E-state index contributed by atoms with van der Waals surface area (Å²) in [7, 11) is 0. The second kappa shape index (κ2) is 12.2. The van der Waals surface area contributed by atoms with E-state index in [0.29, 0.717) is 26.2 Å². The molecule has 3 unspecified atom stereocenters. The molecule has 0 aromatic carbocycles. The lowest BCUT2D eigenvalue weighted by atomic mass is 9.87. The zero-order chi connectivity index (χ0) is 22.1. The van der Waals surface area contributed by atoms with E-state index in [-0.39, 0.29) is 35.7 Å². The molecule has 0 spiro atoms. The zero-order valence-corrected chi connectivity index (χ0v) is 19.4. The van der Waals surface area contributed by atoms with Crippen LogP contribution in [0, 0.1) is 11.8 Å². The van der Waals surface area contributed by atoms with E-state index < -0.39 is 6.04 Å². The van der Waals surface area contributed by atoms with E-state index in [4.69, 9.17) is 0 Å². The van der Waals surface area contributed by atoms with Crippen LogP contribution in [0.2, 0.25) is 0 Å². The molecule has 0 aromatic heterocycles. The van der Waals surface area contributed by atoms with Gasteiger partial charge in [0.2, 0.25) is 11.8 Å². The molecule has 2 fully saturated rings. The molecule has 1 saturated carbocycles. The van der Waals surface area contributed by atoms with Gasteiger partial charge in [0, 0.05) is 38.1 Å². The van der Waals surface area contributed by atoms with Gasteiger partial charge in [0.15, 0.2) is 0 Å². The molecular formula is C23H42N4O3. The summed E-state index contributed by atoms with van der Waals surface area (Å²) in [5, 5.41) is 6.06. The number of urea groups is 1. The van der Waals surface area contributed by atoms with Crippen molar-refractivity contribution in [2.24, 2.45) is 11.8 Å². The Bertz CT molecular complexity index is 577. The van der Waals surface area contributed by atoms with Crippen molar-refractivity contribution >= 4 is 17.8 Å². The molecule has 172 valence electrons. The van der Waals surface area contributed by atoms with Crippen LogP contribution in [-0.4, -0.2) is 65.9 Å². The Labute approximate surface area is 182 Å². The van der Waals surface area contributed by atoms with Crippen molar-refractivity contribution in [1.29, 1.82) is 0 Å². The number of carbonyl (C=O) groups excluding carboxylic acids is 3. The number of piperazine rings is 1. The van der Waals surface area contributed by atoms with Crippen molar-refractivity contribution in [3.05, 3.63) is 0 Å². The van der Waals surface area contributed by atoms with Crippen LogP contribution in [0.3, 0.4) is 0 Å². The number of unbranched alkanes of at least 4 members (excludes halogenated alkanes) is 1. The largest absolute Gasteiger partial charge is 0.344 e. The molecule has 2 rings (SSSR count). The summed E-state index contributed by atoms with van der Waals surface area (Å²) in [6.07, 6.45) is 8.09. The van der Waals surface area contributed by atoms with E-state index in [2.05, 4.69) is 24.5 Å². The maximum Gasteiger partial charge on any atom is 0.317 e. The van der Waals surface area contributed by atoms with Gasteiger partial charge in [0.05, 0.1) is 0 Å². The highest BCUT2D eigenvalue weighted by Gasteiger charge is 2.36. The predicted octanol–water partition coefficient (Wildman–Crippen LogP) is 3.14. The highest BCUT2D eigenvalue weighted by Crippen LogP contribution is 2.24. The lowest BCUT2D eigenvalue weighted by Gasteiger charge is -2.41. The van der Waals surface area contributed by atoms with E-state index in [1.165, 1.54) is 6.42 Å². The van der Waals surface area contributed by atoms with Crippen molar-refractivity contribution in [3.8, 4) is 0 Å².